The molecule has 3 nitrogen and oxygen atoms in total. The van der Waals surface area contributed by atoms with E-state index in [1.807, 2.05) is 6.07 Å². The Hall–Kier alpha value is -1.60. The van der Waals surface area contributed by atoms with Gasteiger partial charge in [0.05, 0.1) is 11.6 Å². The van der Waals surface area contributed by atoms with Crippen LogP contribution in [0.15, 0.2) is 18.2 Å². The number of piperidine rings is 1. The summed E-state index contributed by atoms with van der Waals surface area (Å²) >= 11 is 0. The van der Waals surface area contributed by atoms with Gasteiger partial charge in [-0.2, -0.15) is 5.26 Å². The molecule has 0 saturated carbocycles. The number of hydrogen-bond acceptors (Lipinski definition) is 3. The highest BCUT2D eigenvalue weighted by Gasteiger charge is 2.17. The molecule has 0 radical (unpaired) electrons. The van der Waals surface area contributed by atoms with Gasteiger partial charge < -0.3 is 10.6 Å². The SMILES string of the molecule is N#Cc1cc(F)cc(N2CCC(N)CC2)c1. The zero-order valence-corrected chi connectivity index (χ0v) is 8.99. The molecular weight excluding hydrogens is 205 g/mol. The van der Waals surface area contributed by atoms with Gasteiger partial charge in [0.25, 0.3) is 0 Å². The number of nitrogens with two attached hydrogens (primary N) is 1. The van der Waals surface area contributed by atoms with Crippen molar-refractivity contribution in [3.8, 4) is 6.07 Å². The van der Waals surface area contributed by atoms with Gasteiger partial charge in [0.1, 0.15) is 5.82 Å². The molecule has 1 aromatic carbocycles. The fraction of sp³-hybridized carbons (Fsp3) is 0.417. The van der Waals surface area contributed by atoms with E-state index in [0.29, 0.717) is 5.56 Å². The molecule has 0 bridgehead atoms. The minimum absolute atomic E-state index is 0.250. The predicted octanol–water partition coefficient (Wildman–Crippen LogP) is 1.62. The molecule has 0 amide bonds. The highest BCUT2D eigenvalue weighted by Crippen LogP contribution is 2.21. The van der Waals surface area contributed by atoms with Gasteiger partial charge in [-0.25, -0.2) is 4.39 Å². The van der Waals surface area contributed by atoms with Gasteiger partial charge in [-0.15, -0.1) is 0 Å². The summed E-state index contributed by atoms with van der Waals surface area (Å²) in [5, 5.41) is 8.77. The largest absolute Gasteiger partial charge is 0.371 e. The number of halogens is 1. The van der Waals surface area contributed by atoms with Crippen LogP contribution in [0.2, 0.25) is 0 Å². The fourth-order valence-electron chi connectivity index (χ4n) is 1.98. The zero-order valence-electron chi connectivity index (χ0n) is 8.99. The fourth-order valence-corrected chi connectivity index (χ4v) is 1.98. The maximum absolute atomic E-state index is 13.2. The van der Waals surface area contributed by atoms with Crippen LogP contribution in [0.4, 0.5) is 10.1 Å². The Morgan fingerprint density at radius 1 is 1.31 bits per heavy atom. The van der Waals surface area contributed by atoms with Crippen molar-refractivity contribution in [2.24, 2.45) is 5.73 Å². The van der Waals surface area contributed by atoms with Gasteiger partial charge in [-0.05, 0) is 31.0 Å². The first-order valence-electron chi connectivity index (χ1n) is 5.40. The lowest BCUT2D eigenvalue weighted by Crippen LogP contribution is -2.39. The van der Waals surface area contributed by atoms with Crippen molar-refractivity contribution in [3.05, 3.63) is 29.6 Å². The third-order valence-corrected chi connectivity index (χ3v) is 2.92. The van der Waals surface area contributed by atoms with E-state index in [4.69, 9.17) is 11.0 Å². The van der Waals surface area contributed by atoms with E-state index >= 15 is 0 Å². The highest BCUT2D eigenvalue weighted by molar-refractivity contribution is 5.52. The second kappa shape index (κ2) is 4.50. The van der Waals surface area contributed by atoms with E-state index in [2.05, 4.69) is 4.90 Å². The minimum atomic E-state index is -0.357. The first kappa shape index (κ1) is 10.9. The van der Waals surface area contributed by atoms with Gasteiger partial charge in [0, 0.05) is 24.8 Å². The normalized spacial score (nSPS) is 17.2. The van der Waals surface area contributed by atoms with Crippen LogP contribution in [0, 0.1) is 17.1 Å². The summed E-state index contributed by atoms with van der Waals surface area (Å²) in [5.74, 6) is -0.357. The van der Waals surface area contributed by atoms with Crippen molar-refractivity contribution in [2.75, 3.05) is 18.0 Å². The number of benzene rings is 1. The molecular formula is C12H14FN3. The molecule has 0 atom stereocenters. The molecule has 1 aliphatic rings. The van der Waals surface area contributed by atoms with Crippen molar-refractivity contribution in [3.63, 3.8) is 0 Å². The number of hydrogen-bond donors (Lipinski definition) is 1. The summed E-state index contributed by atoms with van der Waals surface area (Å²) in [6.07, 6.45) is 1.83. The summed E-state index contributed by atoms with van der Waals surface area (Å²) in [4.78, 5) is 2.08. The van der Waals surface area contributed by atoms with Crippen molar-refractivity contribution in [2.45, 2.75) is 18.9 Å². The molecule has 1 aromatic rings. The van der Waals surface area contributed by atoms with Crippen molar-refractivity contribution in [1.82, 2.24) is 0 Å². The first-order chi connectivity index (χ1) is 7.69. The van der Waals surface area contributed by atoms with Gasteiger partial charge >= 0.3 is 0 Å². The van der Waals surface area contributed by atoms with Crippen LogP contribution in [-0.4, -0.2) is 19.1 Å². The number of rotatable bonds is 1. The Labute approximate surface area is 94.3 Å². The Morgan fingerprint density at radius 3 is 2.62 bits per heavy atom. The third-order valence-electron chi connectivity index (χ3n) is 2.92. The third kappa shape index (κ3) is 2.31. The first-order valence-corrected chi connectivity index (χ1v) is 5.40. The van der Waals surface area contributed by atoms with Crippen LogP contribution >= 0.6 is 0 Å². The van der Waals surface area contributed by atoms with Gasteiger partial charge in [-0.1, -0.05) is 0 Å². The smallest absolute Gasteiger partial charge is 0.126 e. The van der Waals surface area contributed by atoms with E-state index in [9.17, 15) is 4.39 Å². The highest BCUT2D eigenvalue weighted by atomic mass is 19.1. The molecule has 0 aliphatic carbocycles. The molecule has 2 N–H and O–H groups in total. The minimum Gasteiger partial charge on any atom is -0.371 e. The molecule has 4 heteroatoms. The molecule has 0 spiro atoms. The monoisotopic (exact) mass is 219 g/mol. The number of nitrogens with zero attached hydrogens (tertiary/aromatic N) is 2. The van der Waals surface area contributed by atoms with Crippen molar-refractivity contribution < 1.29 is 4.39 Å². The lowest BCUT2D eigenvalue weighted by molar-refractivity contribution is 0.500. The van der Waals surface area contributed by atoms with Crippen molar-refractivity contribution in [1.29, 1.82) is 5.26 Å². The molecule has 1 saturated heterocycles. The Bertz CT molecular complexity index is 417. The summed E-state index contributed by atoms with van der Waals surface area (Å²) < 4.78 is 13.2. The summed E-state index contributed by atoms with van der Waals surface area (Å²) in [5.41, 5.74) is 6.95. The Kier molecular flexibility index (Phi) is 3.07. The Morgan fingerprint density at radius 2 is 2.00 bits per heavy atom. The van der Waals surface area contributed by atoms with Gasteiger partial charge in [0.15, 0.2) is 0 Å². The quantitative estimate of drug-likeness (QED) is 0.781. The van der Waals surface area contributed by atoms with Crippen molar-refractivity contribution >= 4 is 5.69 Å². The molecule has 84 valence electrons. The van der Waals surface area contributed by atoms with Crippen LogP contribution in [-0.2, 0) is 0 Å². The van der Waals surface area contributed by atoms with E-state index in [1.54, 1.807) is 6.07 Å². The predicted molar refractivity (Wildman–Crippen MR) is 60.5 cm³/mol. The number of nitriles is 1. The van der Waals surface area contributed by atoms with E-state index < -0.39 is 0 Å². The average molecular weight is 219 g/mol. The molecule has 0 aromatic heterocycles. The summed E-state index contributed by atoms with van der Waals surface area (Å²) in [6, 6.07) is 6.66. The van der Waals surface area contributed by atoms with Crippen LogP contribution in [0.1, 0.15) is 18.4 Å². The molecule has 1 aliphatic heterocycles. The Balaban J connectivity index is 2.20. The van der Waals surface area contributed by atoms with Crippen LogP contribution in [0.5, 0.6) is 0 Å². The number of anilines is 1. The average Bonchev–Trinajstić information content (AvgIpc) is 2.29. The van der Waals surface area contributed by atoms with Gasteiger partial charge in [0.2, 0.25) is 0 Å². The lowest BCUT2D eigenvalue weighted by Gasteiger charge is -2.32. The van der Waals surface area contributed by atoms with E-state index in [1.165, 1.54) is 12.1 Å². The summed E-state index contributed by atoms with van der Waals surface area (Å²) in [7, 11) is 0. The molecule has 2 rings (SSSR count). The molecule has 1 heterocycles. The van der Waals surface area contributed by atoms with Gasteiger partial charge in [-0.3, -0.25) is 0 Å². The van der Waals surface area contributed by atoms with Crippen LogP contribution < -0.4 is 10.6 Å². The zero-order chi connectivity index (χ0) is 11.5. The summed E-state index contributed by atoms with van der Waals surface area (Å²) in [6.45, 7) is 1.66. The maximum atomic E-state index is 13.2. The second-order valence-electron chi connectivity index (χ2n) is 4.13. The maximum Gasteiger partial charge on any atom is 0.126 e. The molecule has 16 heavy (non-hydrogen) atoms. The van der Waals surface area contributed by atoms with Crippen LogP contribution in [0.25, 0.3) is 0 Å². The topological polar surface area (TPSA) is 53.0 Å². The second-order valence-corrected chi connectivity index (χ2v) is 4.13. The van der Waals surface area contributed by atoms with E-state index in [0.717, 1.165) is 31.6 Å². The lowest BCUT2D eigenvalue weighted by atomic mass is 10.0. The van der Waals surface area contributed by atoms with Crippen LogP contribution in [0.3, 0.4) is 0 Å². The standard InChI is InChI=1S/C12H14FN3/c13-10-5-9(8-14)6-12(7-10)16-3-1-11(15)2-4-16/h5-7,11H,1-4,15H2. The molecule has 1 fully saturated rings. The molecule has 0 unspecified atom stereocenters. The van der Waals surface area contributed by atoms with E-state index in [-0.39, 0.29) is 11.9 Å².